The second-order valence-corrected chi connectivity index (χ2v) is 12.9. The Kier molecular flexibility index (Phi) is 18.9. The molecule has 5 aromatic rings. The lowest BCUT2D eigenvalue weighted by molar-refractivity contribution is -0.145. The Balaban J connectivity index is 0.000000249. The smallest absolute Gasteiger partial charge is 0.313 e. The van der Waals surface area contributed by atoms with E-state index in [-0.39, 0.29) is 29.2 Å². The maximum Gasteiger partial charge on any atom is 0.313 e. The molecule has 1 aliphatic heterocycles. The Labute approximate surface area is 328 Å². The topological polar surface area (TPSA) is 195 Å². The Morgan fingerprint density at radius 3 is 1.62 bits per heavy atom. The van der Waals surface area contributed by atoms with Crippen molar-refractivity contribution in [3.63, 3.8) is 0 Å². The van der Waals surface area contributed by atoms with Crippen LogP contribution in [0.25, 0.3) is 5.69 Å². The van der Waals surface area contributed by atoms with Gasteiger partial charge in [-0.3, -0.25) is 34.9 Å². The number of esters is 1. The van der Waals surface area contributed by atoms with Crippen LogP contribution in [0.3, 0.4) is 0 Å². The molecule has 1 aromatic heterocycles. The molecule has 296 valence electrons. The number of carbonyl (C=O) groups excluding carboxylic acids is 4. The van der Waals surface area contributed by atoms with Gasteiger partial charge in [0.25, 0.3) is 11.5 Å². The van der Waals surface area contributed by atoms with Crippen molar-refractivity contribution in [3.8, 4) is 5.69 Å². The molecule has 0 atom stereocenters. The fourth-order valence-corrected chi connectivity index (χ4v) is 4.65. The van der Waals surface area contributed by atoms with Gasteiger partial charge in [-0.25, -0.2) is 9.69 Å². The molecule has 1 aliphatic rings. The maximum absolute atomic E-state index is 11.8. The van der Waals surface area contributed by atoms with E-state index < -0.39 is 5.97 Å². The number of nitrogens with one attached hydrogen (secondary N) is 2. The second kappa shape index (κ2) is 23.2. The van der Waals surface area contributed by atoms with Crippen molar-refractivity contribution >= 4 is 46.7 Å². The molecule has 2 heterocycles. The highest BCUT2D eigenvalue weighted by Gasteiger charge is 2.22. The number of nitrogens with two attached hydrogens (primary N) is 2. The zero-order valence-corrected chi connectivity index (χ0v) is 33.4. The summed E-state index contributed by atoms with van der Waals surface area (Å²) < 4.78 is 5.87. The fraction of sp³-hybridized carbons (Fsp3) is 0.256. The minimum atomic E-state index is -0.440. The number of hydrazine groups is 1. The molecule has 0 saturated carbocycles. The van der Waals surface area contributed by atoms with E-state index in [9.17, 15) is 24.0 Å². The van der Waals surface area contributed by atoms with Gasteiger partial charge < -0.3 is 15.9 Å². The highest BCUT2D eigenvalue weighted by molar-refractivity contribution is 6.12. The third kappa shape index (κ3) is 15.8. The van der Waals surface area contributed by atoms with Crippen LogP contribution in [0.5, 0.6) is 0 Å². The first-order chi connectivity index (χ1) is 26.6. The summed E-state index contributed by atoms with van der Waals surface area (Å²) in [6.07, 6.45) is 0.917. The van der Waals surface area contributed by atoms with Crippen LogP contribution >= 0.6 is 0 Å². The van der Waals surface area contributed by atoms with Crippen LogP contribution in [-0.2, 0) is 19.1 Å². The summed E-state index contributed by atoms with van der Waals surface area (Å²) in [5.41, 5.74) is 17.5. The van der Waals surface area contributed by atoms with E-state index in [4.69, 9.17) is 11.6 Å². The van der Waals surface area contributed by atoms with Crippen molar-refractivity contribution in [2.45, 2.75) is 68.2 Å². The second-order valence-electron chi connectivity index (χ2n) is 12.9. The monoisotopic (exact) mass is 763 g/mol. The van der Waals surface area contributed by atoms with Crippen molar-refractivity contribution in [2.75, 3.05) is 22.8 Å². The number of aromatic nitrogens is 2. The lowest BCUT2D eigenvalue weighted by Gasteiger charge is -2.11. The Morgan fingerprint density at radius 2 is 1.25 bits per heavy atom. The molecule has 56 heavy (non-hydrogen) atoms. The van der Waals surface area contributed by atoms with Crippen molar-refractivity contribution < 1.29 is 23.9 Å². The molecular formula is C43H53N7O6. The molecule has 0 unspecified atom stereocenters. The number of ether oxygens (including phenoxy) is 1. The lowest BCUT2D eigenvalue weighted by Crippen LogP contribution is -2.19. The number of aromatic amines is 1. The molecule has 0 aliphatic carbocycles. The standard InChI is InChI=1S/C12H12N2O2.C11H12N2O.C7H10N2.C7H9N.C6H10O3/c1-8-3-5-10(6-4-8)14-12(16)11(7-15)9(2)13-14;1-8-3-5-10(6-4-8)13-11(14)7-9(2)12-13;1-6-2-4-7(9-8)5-3-6;1-6-2-4-7(8)5-3-6;1-3-9-6(8)4-5(2)7/h3-7,13H,1-2H3;3-6H,7H2,1-2H3;2-5,9H,8H2,1H3;2-5H,8H2,1H3;3-4H2,1-2H3. The van der Waals surface area contributed by atoms with Crippen LogP contribution in [0.15, 0.2) is 107 Å². The molecule has 0 radical (unpaired) electrons. The van der Waals surface area contributed by atoms with Crippen molar-refractivity contribution in [1.29, 1.82) is 0 Å². The van der Waals surface area contributed by atoms with Crippen molar-refractivity contribution in [1.82, 2.24) is 9.78 Å². The van der Waals surface area contributed by atoms with E-state index in [1.54, 1.807) is 13.8 Å². The van der Waals surface area contributed by atoms with E-state index in [1.807, 2.05) is 132 Å². The molecule has 0 spiro atoms. The zero-order valence-electron chi connectivity index (χ0n) is 33.4. The number of amides is 1. The minimum absolute atomic E-state index is 0.0475. The number of hydrogen-bond acceptors (Lipinski definition) is 10. The first-order valence-corrected chi connectivity index (χ1v) is 17.9. The Morgan fingerprint density at radius 1 is 0.786 bits per heavy atom. The molecule has 4 aromatic carbocycles. The number of nitrogen functional groups attached to an aromatic ring is 2. The van der Waals surface area contributed by atoms with Crippen molar-refractivity contribution in [2.24, 2.45) is 10.9 Å². The number of Topliss-reactive ketones (excluding diaryl/α,β-unsaturated/α-hetero) is 1. The van der Waals surface area contributed by atoms with E-state index >= 15 is 0 Å². The Bertz CT molecular complexity index is 2080. The lowest BCUT2D eigenvalue weighted by atomic mass is 10.2. The molecule has 1 amide bonds. The van der Waals surface area contributed by atoms with Crippen LogP contribution in [0, 0.1) is 34.6 Å². The molecule has 13 heteroatoms. The molecule has 6 N–H and O–H groups in total. The van der Waals surface area contributed by atoms with Gasteiger partial charge in [0.1, 0.15) is 17.8 Å². The summed E-state index contributed by atoms with van der Waals surface area (Å²) in [6, 6.07) is 31.0. The van der Waals surface area contributed by atoms with Crippen LogP contribution in [0.4, 0.5) is 17.1 Å². The number of rotatable bonds is 7. The molecule has 0 fully saturated rings. The molecule has 0 saturated heterocycles. The maximum atomic E-state index is 11.8. The van der Waals surface area contributed by atoms with E-state index in [1.165, 1.54) is 33.3 Å². The summed E-state index contributed by atoms with van der Waals surface area (Å²) in [4.78, 5) is 54.6. The Hall–Kier alpha value is -6.60. The predicted octanol–water partition coefficient (Wildman–Crippen LogP) is 7.09. The van der Waals surface area contributed by atoms with Gasteiger partial charge >= 0.3 is 5.97 Å². The summed E-state index contributed by atoms with van der Waals surface area (Å²) in [6.45, 7) is 15.1. The molecular weight excluding hydrogens is 711 g/mol. The zero-order chi connectivity index (χ0) is 41.8. The minimum Gasteiger partial charge on any atom is -0.466 e. The first-order valence-electron chi connectivity index (χ1n) is 17.9. The number of aryl methyl sites for hydroxylation is 5. The van der Waals surface area contributed by atoms with E-state index in [0.29, 0.717) is 25.0 Å². The summed E-state index contributed by atoms with van der Waals surface area (Å²) in [5.74, 6) is 4.60. The highest BCUT2D eigenvalue weighted by Crippen LogP contribution is 2.20. The van der Waals surface area contributed by atoms with Gasteiger partial charge in [0, 0.05) is 22.8 Å². The van der Waals surface area contributed by atoms with Gasteiger partial charge in [-0.1, -0.05) is 70.8 Å². The normalized spacial score (nSPS) is 11.1. The summed E-state index contributed by atoms with van der Waals surface area (Å²) in [7, 11) is 0. The van der Waals surface area contributed by atoms with E-state index in [2.05, 4.69) is 20.4 Å². The summed E-state index contributed by atoms with van der Waals surface area (Å²) >= 11 is 0. The number of hydrogen-bond donors (Lipinski definition) is 4. The number of anilines is 3. The molecule has 0 bridgehead atoms. The number of hydrazone groups is 1. The number of carbonyl (C=O) groups is 4. The van der Waals surface area contributed by atoms with Gasteiger partial charge in [-0.15, -0.1) is 0 Å². The quantitative estimate of drug-likeness (QED) is 0.0334. The highest BCUT2D eigenvalue weighted by atomic mass is 16.5. The molecule has 13 nitrogen and oxygen atoms in total. The number of benzene rings is 4. The van der Waals surface area contributed by atoms with Crippen LogP contribution in [0.1, 0.15) is 71.9 Å². The third-order valence-corrected chi connectivity index (χ3v) is 7.71. The third-order valence-electron chi connectivity index (χ3n) is 7.71. The van der Waals surface area contributed by atoms with Gasteiger partial charge in [0.15, 0.2) is 6.29 Å². The van der Waals surface area contributed by atoms with Gasteiger partial charge in [0.05, 0.1) is 24.4 Å². The number of ketones is 1. The van der Waals surface area contributed by atoms with Gasteiger partial charge in [-0.05, 0) is 104 Å². The van der Waals surface area contributed by atoms with Gasteiger partial charge in [0.2, 0.25) is 0 Å². The number of nitrogens with zero attached hydrogens (tertiary/aromatic N) is 3. The van der Waals surface area contributed by atoms with Gasteiger partial charge in [-0.2, -0.15) is 5.10 Å². The number of H-pyrrole nitrogens is 1. The molecule has 6 rings (SSSR count). The average Bonchev–Trinajstić information content (AvgIpc) is 3.66. The van der Waals surface area contributed by atoms with Crippen LogP contribution in [-0.4, -0.2) is 46.0 Å². The predicted molar refractivity (Wildman–Crippen MR) is 224 cm³/mol. The average molecular weight is 764 g/mol. The van der Waals surface area contributed by atoms with Crippen LogP contribution in [0.2, 0.25) is 0 Å². The number of aldehydes is 1. The van der Waals surface area contributed by atoms with E-state index in [0.717, 1.165) is 34.0 Å². The largest absolute Gasteiger partial charge is 0.466 e. The van der Waals surface area contributed by atoms with Crippen LogP contribution < -0.4 is 27.6 Å². The van der Waals surface area contributed by atoms with Crippen molar-refractivity contribution in [3.05, 3.63) is 141 Å². The SMILES string of the molecule is CC1=NN(c2ccc(C)cc2)C(=O)C1.CCOC(=O)CC(C)=O.Cc1ccc(-n2[nH]c(C)c(C=O)c2=O)cc1.Cc1ccc(N)cc1.Cc1ccc(NN)cc1. The summed E-state index contributed by atoms with van der Waals surface area (Å²) in [5, 5.41) is 8.51. The first kappa shape index (κ1) is 45.6. The fourth-order valence-electron chi connectivity index (χ4n) is 4.65.